The molecule has 0 aliphatic heterocycles. The van der Waals surface area contributed by atoms with Crippen LogP contribution in [-0.2, 0) is 13.0 Å². The standard InChI is InChI=1S/C24H24N6O/c1-2-16-5-3-4-6-21(16)22-14-23(30-24(26)29-22)28-17-7-9-19(10-8-17)31-20-11-12-27-18(13-20)15-25/h3-14H,2,15,25H2,1H3,(H3,26,28,29,30). The molecule has 156 valence electrons. The summed E-state index contributed by atoms with van der Waals surface area (Å²) in [5, 5.41) is 3.29. The highest BCUT2D eigenvalue weighted by Crippen LogP contribution is 2.28. The summed E-state index contributed by atoms with van der Waals surface area (Å²) in [4.78, 5) is 12.9. The maximum Gasteiger partial charge on any atom is 0.222 e. The van der Waals surface area contributed by atoms with Crippen molar-refractivity contribution >= 4 is 17.5 Å². The second-order valence-corrected chi connectivity index (χ2v) is 6.95. The summed E-state index contributed by atoms with van der Waals surface area (Å²) in [6.07, 6.45) is 2.59. The number of nitrogens with zero attached hydrogens (tertiary/aromatic N) is 3. The highest BCUT2D eigenvalue weighted by atomic mass is 16.5. The lowest BCUT2D eigenvalue weighted by molar-refractivity contribution is 0.481. The van der Waals surface area contributed by atoms with E-state index in [0.29, 0.717) is 23.9 Å². The van der Waals surface area contributed by atoms with Crippen molar-refractivity contribution < 1.29 is 4.74 Å². The number of hydrogen-bond acceptors (Lipinski definition) is 7. The van der Waals surface area contributed by atoms with Gasteiger partial charge in [0.25, 0.3) is 0 Å². The van der Waals surface area contributed by atoms with Gasteiger partial charge in [0.05, 0.1) is 11.4 Å². The second kappa shape index (κ2) is 9.23. The lowest BCUT2D eigenvalue weighted by Gasteiger charge is -2.12. The van der Waals surface area contributed by atoms with Gasteiger partial charge in [-0.05, 0) is 42.3 Å². The minimum atomic E-state index is 0.222. The van der Waals surface area contributed by atoms with Crippen LogP contribution in [0.1, 0.15) is 18.2 Å². The number of pyridine rings is 1. The molecule has 2 aromatic heterocycles. The SMILES string of the molecule is CCc1ccccc1-c1cc(Nc2ccc(Oc3ccnc(CN)c3)cc2)nc(N)n1. The van der Waals surface area contributed by atoms with Crippen molar-refractivity contribution in [1.82, 2.24) is 15.0 Å². The van der Waals surface area contributed by atoms with Crippen molar-refractivity contribution in [2.75, 3.05) is 11.1 Å². The van der Waals surface area contributed by atoms with Crippen molar-refractivity contribution in [3.8, 4) is 22.8 Å². The van der Waals surface area contributed by atoms with Crippen LogP contribution in [0, 0.1) is 0 Å². The Morgan fingerprint density at radius 1 is 0.935 bits per heavy atom. The van der Waals surface area contributed by atoms with Crippen molar-refractivity contribution in [3.63, 3.8) is 0 Å². The van der Waals surface area contributed by atoms with Crippen LogP contribution < -0.4 is 21.5 Å². The van der Waals surface area contributed by atoms with Gasteiger partial charge in [0.2, 0.25) is 5.95 Å². The molecule has 0 bridgehead atoms. The number of benzene rings is 2. The monoisotopic (exact) mass is 412 g/mol. The van der Waals surface area contributed by atoms with Crippen LogP contribution in [0.15, 0.2) is 72.9 Å². The molecular weight excluding hydrogens is 388 g/mol. The van der Waals surface area contributed by atoms with Crippen molar-refractivity contribution in [2.24, 2.45) is 5.73 Å². The topological polar surface area (TPSA) is 112 Å². The Hall–Kier alpha value is -3.97. The van der Waals surface area contributed by atoms with Gasteiger partial charge in [0.1, 0.15) is 17.3 Å². The summed E-state index contributed by atoms with van der Waals surface area (Å²) in [5.41, 5.74) is 16.3. The first kappa shape index (κ1) is 20.3. The molecule has 0 saturated carbocycles. The normalized spacial score (nSPS) is 10.6. The summed E-state index contributed by atoms with van der Waals surface area (Å²) in [6, 6.07) is 21.3. The van der Waals surface area contributed by atoms with Gasteiger partial charge >= 0.3 is 0 Å². The summed E-state index contributed by atoms with van der Waals surface area (Å²) in [6.45, 7) is 2.49. The van der Waals surface area contributed by atoms with Crippen LogP contribution in [-0.4, -0.2) is 15.0 Å². The third-order valence-electron chi connectivity index (χ3n) is 4.78. The van der Waals surface area contributed by atoms with Gasteiger partial charge in [-0.25, -0.2) is 4.98 Å². The van der Waals surface area contributed by atoms with Crippen LogP contribution in [0.25, 0.3) is 11.3 Å². The van der Waals surface area contributed by atoms with E-state index in [2.05, 4.69) is 33.3 Å². The lowest BCUT2D eigenvalue weighted by atomic mass is 10.0. The molecule has 0 aliphatic rings. The number of ether oxygens (including phenoxy) is 1. The van der Waals surface area contributed by atoms with E-state index in [4.69, 9.17) is 16.2 Å². The van der Waals surface area contributed by atoms with E-state index >= 15 is 0 Å². The molecule has 4 aromatic rings. The second-order valence-electron chi connectivity index (χ2n) is 6.95. The fourth-order valence-corrected chi connectivity index (χ4v) is 3.27. The Morgan fingerprint density at radius 3 is 2.52 bits per heavy atom. The first-order chi connectivity index (χ1) is 15.1. The highest BCUT2D eigenvalue weighted by Gasteiger charge is 2.09. The molecule has 0 amide bonds. The Labute approximate surface area is 181 Å². The molecule has 0 unspecified atom stereocenters. The van der Waals surface area contributed by atoms with Gasteiger partial charge in [-0.2, -0.15) is 4.98 Å². The van der Waals surface area contributed by atoms with E-state index in [1.54, 1.807) is 12.3 Å². The zero-order valence-electron chi connectivity index (χ0n) is 17.2. The van der Waals surface area contributed by atoms with Gasteiger partial charge in [0, 0.05) is 36.1 Å². The number of aryl methyl sites for hydroxylation is 1. The number of nitrogens with one attached hydrogen (secondary N) is 1. The molecule has 4 rings (SSSR count). The summed E-state index contributed by atoms with van der Waals surface area (Å²) in [5.74, 6) is 2.25. The van der Waals surface area contributed by atoms with Gasteiger partial charge in [-0.1, -0.05) is 31.2 Å². The van der Waals surface area contributed by atoms with E-state index in [9.17, 15) is 0 Å². The Balaban J connectivity index is 1.52. The highest BCUT2D eigenvalue weighted by molar-refractivity contribution is 5.69. The average molecular weight is 412 g/mol. The van der Waals surface area contributed by atoms with E-state index in [-0.39, 0.29) is 5.95 Å². The number of aromatic nitrogens is 3. The predicted molar refractivity (Wildman–Crippen MR) is 123 cm³/mol. The minimum absolute atomic E-state index is 0.222. The molecule has 0 radical (unpaired) electrons. The summed E-state index contributed by atoms with van der Waals surface area (Å²) in [7, 11) is 0. The molecular formula is C24H24N6O. The predicted octanol–water partition coefficient (Wildman–Crippen LogP) is 4.68. The molecule has 0 aliphatic carbocycles. The molecule has 0 spiro atoms. The Morgan fingerprint density at radius 2 is 1.74 bits per heavy atom. The molecule has 0 atom stereocenters. The average Bonchev–Trinajstić information content (AvgIpc) is 2.80. The first-order valence-electron chi connectivity index (χ1n) is 10.1. The zero-order chi connectivity index (χ0) is 21.6. The van der Waals surface area contributed by atoms with E-state index < -0.39 is 0 Å². The van der Waals surface area contributed by atoms with Crippen LogP contribution in [0.3, 0.4) is 0 Å². The number of anilines is 3. The molecule has 7 nitrogen and oxygen atoms in total. The third-order valence-corrected chi connectivity index (χ3v) is 4.78. The molecule has 0 saturated heterocycles. The molecule has 7 heteroatoms. The first-order valence-corrected chi connectivity index (χ1v) is 10.1. The van der Waals surface area contributed by atoms with Gasteiger partial charge in [-0.3, -0.25) is 4.98 Å². The van der Waals surface area contributed by atoms with Gasteiger partial charge in [-0.15, -0.1) is 0 Å². The molecule has 2 heterocycles. The van der Waals surface area contributed by atoms with Crippen LogP contribution in [0.4, 0.5) is 17.5 Å². The number of nitrogens with two attached hydrogens (primary N) is 2. The van der Waals surface area contributed by atoms with Crippen LogP contribution >= 0.6 is 0 Å². The van der Waals surface area contributed by atoms with E-state index in [0.717, 1.165) is 29.1 Å². The maximum absolute atomic E-state index is 5.98. The van der Waals surface area contributed by atoms with E-state index in [1.807, 2.05) is 54.6 Å². The van der Waals surface area contributed by atoms with Gasteiger partial charge in [0.15, 0.2) is 0 Å². The third kappa shape index (κ3) is 4.96. The smallest absolute Gasteiger partial charge is 0.222 e. The molecule has 2 aromatic carbocycles. The Bertz CT molecular complexity index is 1180. The molecule has 5 N–H and O–H groups in total. The van der Waals surface area contributed by atoms with Crippen molar-refractivity contribution in [3.05, 3.63) is 84.2 Å². The lowest BCUT2D eigenvalue weighted by Crippen LogP contribution is -2.02. The largest absolute Gasteiger partial charge is 0.457 e. The van der Waals surface area contributed by atoms with Crippen molar-refractivity contribution in [1.29, 1.82) is 0 Å². The van der Waals surface area contributed by atoms with Crippen molar-refractivity contribution in [2.45, 2.75) is 19.9 Å². The summed E-state index contributed by atoms with van der Waals surface area (Å²) >= 11 is 0. The van der Waals surface area contributed by atoms with Crippen LogP contribution in [0.2, 0.25) is 0 Å². The maximum atomic E-state index is 5.98. The summed E-state index contributed by atoms with van der Waals surface area (Å²) < 4.78 is 5.88. The van der Waals surface area contributed by atoms with Crippen LogP contribution in [0.5, 0.6) is 11.5 Å². The number of nitrogen functional groups attached to an aromatic ring is 1. The molecule has 31 heavy (non-hydrogen) atoms. The van der Waals surface area contributed by atoms with Gasteiger partial charge < -0.3 is 21.5 Å². The quantitative estimate of drug-likeness (QED) is 0.404. The fraction of sp³-hybridized carbons (Fsp3) is 0.125. The number of hydrogen-bond donors (Lipinski definition) is 3. The number of rotatable bonds is 7. The minimum Gasteiger partial charge on any atom is -0.457 e. The van der Waals surface area contributed by atoms with E-state index in [1.165, 1.54) is 5.56 Å². The zero-order valence-corrected chi connectivity index (χ0v) is 17.2. The Kier molecular flexibility index (Phi) is 6.05. The molecule has 0 fully saturated rings. The fourth-order valence-electron chi connectivity index (χ4n) is 3.27.